The smallest absolute Gasteiger partial charge is 0.317 e. The number of nitrogens with zero attached hydrogens (tertiary/aromatic N) is 1. The molecule has 1 aliphatic heterocycles. The van der Waals surface area contributed by atoms with Gasteiger partial charge in [0, 0.05) is 31.8 Å². The molecule has 1 aromatic carbocycles. The third kappa shape index (κ3) is 4.88. The molecule has 2 fully saturated rings. The van der Waals surface area contributed by atoms with Gasteiger partial charge in [-0.1, -0.05) is 12.1 Å². The molecule has 1 saturated carbocycles. The summed E-state index contributed by atoms with van der Waals surface area (Å²) in [6.07, 6.45) is 6.99. The molecule has 1 atom stereocenters. The molecule has 2 amide bonds. The van der Waals surface area contributed by atoms with Crippen LogP contribution in [0.4, 0.5) is 4.79 Å². The van der Waals surface area contributed by atoms with E-state index >= 15 is 0 Å². The highest BCUT2D eigenvalue weighted by Gasteiger charge is 2.23. The van der Waals surface area contributed by atoms with Crippen LogP contribution in [0.25, 0.3) is 0 Å². The highest BCUT2D eigenvalue weighted by atomic mass is 16.5. The predicted octanol–water partition coefficient (Wildman–Crippen LogP) is 3.23. The molecule has 0 bridgehead atoms. The van der Waals surface area contributed by atoms with Gasteiger partial charge in [-0.3, -0.25) is 0 Å². The Balaban J connectivity index is 1.59. The lowest BCUT2D eigenvalue weighted by Gasteiger charge is -2.32. The van der Waals surface area contributed by atoms with Gasteiger partial charge < -0.3 is 20.1 Å². The normalized spacial score (nSPS) is 21.4. The Kier molecular flexibility index (Phi) is 6.19. The summed E-state index contributed by atoms with van der Waals surface area (Å²) in [5.41, 5.74) is 2.20. The average molecular weight is 346 g/mol. The predicted molar refractivity (Wildman–Crippen MR) is 97.7 cm³/mol. The maximum Gasteiger partial charge on any atom is 0.317 e. The Labute approximate surface area is 150 Å². The number of nitrogens with one attached hydrogen (secondary N) is 1. The summed E-state index contributed by atoms with van der Waals surface area (Å²) in [6.45, 7) is 4.10. The Hall–Kier alpha value is -1.75. The van der Waals surface area contributed by atoms with Crippen molar-refractivity contribution in [2.24, 2.45) is 5.92 Å². The van der Waals surface area contributed by atoms with Gasteiger partial charge in [0.15, 0.2) is 0 Å². The SMILES string of the molecule is Cc1ccc(CNC(=O)N2CCCC(CO)C2)c(OC2CCCC2)c1. The summed E-state index contributed by atoms with van der Waals surface area (Å²) in [4.78, 5) is 14.3. The zero-order chi connectivity index (χ0) is 17.6. The largest absolute Gasteiger partial charge is 0.490 e. The third-order valence-electron chi connectivity index (χ3n) is 5.31. The number of benzene rings is 1. The van der Waals surface area contributed by atoms with Crippen molar-refractivity contribution in [2.75, 3.05) is 19.7 Å². The molecule has 5 heteroatoms. The van der Waals surface area contributed by atoms with Gasteiger partial charge in [-0.25, -0.2) is 4.79 Å². The second kappa shape index (κ2) is 8.56. The van der Waals surface area contributed by atoms with Crippen LogP contribution >= 0.6 is 0 Å². The molecule has 2 aliphatic rings. The van der Waals surface area contributed by atoms with Gasteiger partial charge in [0.1, 0.15) is 5.75 Å². The molecule has 25 heavy (non-hydrogen) atoms. The Morgan fingerprint density at radius 1 is 1.28 bits per heavy atom. The quantitative estimate of drug-likeness (QED) is 0.860. The van der Waals surface area contributed by atoms with Crippen LogP contribution in [0.5, 0.6) is 5.75 Å². The molecule has 3 rings (SSSR count). The number of aryl methyl sites for hydroxylation is 1. The van der Waals surface area contributed by atoms with Crippen LogP contribution < -0.4 is 10.1 Å². The Morgan fingerprint density at radius 2 is 2.08 bits per heavy atom. The molecule has 5 nitrogen and oxygen atoms in total. The molecule has 1 unspecified atom stereocenters. The molecule has 1 aliphatic carbocycles. The summed E-state index contributed by atoms with van der Waals surface area (Å²) in [7, 11) is 0. The number of hydrogen-bond donors (Lipinski definition) is 2. The van der Waals surface area contributed by atoms with Gasteiger partial charge in [-0.2, -0.15) is 0 Å². The van der Waals surface area contributed by atoms with Crippen LogP contribution in [0.15, 0.2) is 18.2 Å². The molecule has 2 N–H and O–H groups in total. The lowest BCUT2D eigenvalue weighted by atomic mass is 9.99. The van der Waals surface area contributed by atoms with Crippen LogP contribution in [-0.2, 0) is 6.54 Å². The summed E-state index contributed by atoms with van der Waals surface area (Å²) < 4.78 is 6.20. The van der Waals surface area contributed by atoms with Crippen molar-refractivity contribution in [3.8, 4) is 5.75 Å². The first kappa shape index (κ1) is 18.1. The first-order valence-electron chi connectivity index (χ1n) is 9.55. The number of likely N-dealkylation sites (tertiary alicyclic amines) is 1. The van der Waals surface area contributed by atoms with Crippen molar-refractivity contribution in [1.29, 1.82) is 0 Å². The number of carbonyl (C=O) groups is 1. The fraction of sp³-hybridized carbons (Fsp3) is 0.650. The van der Waals surface area contributed by atoms with Gasteiger partial charge in [-0.15, -0.1) is 0 Å². The van der Waals surface area contributed by atoms with Gasteiger partial charge in [0.2, 0.25) is 0 Å². The number of amides is 2. The lowest BCUT2D eigenvalue weighted by Crippen LogP contribution is -2.46. The van der Waals surface area contributed by atoms with Crippen molar-refractivity contribution in [1.82, 2.24) is 10.2 Å². The van der Waals surface area contributed by atoms with Crippen molar-refractivity contribution in [2.45, 2.75) is 58.1 Å². The van der Waals surface area contributed by atoms with Crippen molar-refractivity contribution < 1.29 is 14.6 Å². The van der Waals surface area contributed by atoms with E-state index in [-0.39, 0.29) is 18.6 Å². The van der Waals surface area contributed by atoms with Gasteiger partial charge in [0.25, 0.3) is 0 Å². The summed E-state index contributed by atoms with van der Waals surface area (Å²) in [5, 5.41) is 12.3. The summed E-state index contributed by atoms with van der Waals surface area (Å²) >= 11 is 0. The first-order valence-corrected chi connectivity index (χ1v) is 9.55. The zero-order valence-corrected chi connectivity index (χ0v) is 15.2. The van der Waals surface area contributed by atoms with Crippen molar-refractivity contribution in [3.05, 3.63) is 29.3 Å². The number of hydrogen-bond acceptors (Lipinski definition) is 3. The Morgan fingerprint density at radius 3 is 2.84 bits per heavy atom. The number of carbonyl (C=O) groups excluding carboxylic acids is 1. The van der Waals surface area contributed by atoms with Crippen LogP contribution in [0.2, 0.25) is 0 Å². The topological polar surface area (TPSA) is 61.8 Å². The monoisotopic (exact) mass is 346 g/mol. The van der Waals surface area contributed by atoms with E-state index < -0.39 is 0 Å². The molecule has 1 heterocycles. The summed E-state index contributed by atoms with van der Waals surface area (Å²) in [6, 6.07) is 6.13. The minimum atomic E-state index is -0.0504. The number of aliphatic hydroxyl groups is 1. The van der Waals surface area contributed by atoms with Crippen LogP contribution in [0, 0.1) is 12.8 Å². The van der Waals surface area contributed by atoms with E-state index in [2.05, 4.69) is 24.4 Å². The fourth-order valence-electron chi connectivity index (χ4n) is 3.78. The molecule has 0 spiro atoms. The molecule has 0 radical (unpaired) electrons. The van der Waals surface area contributed by atoms with Crippen LogP contribution in [0.3, 0.4) is 0 Å². The molecule has 0 aromatic heterocycles. The van der Waals surface area contributed by atoms with Gasteiger partial charge in [-0.05, 0) is 63.0 Å². The van der Waals surface area contributed by atoms with Crippen LogP contribution in [-0.4, -0.2) is 41.8 Å². The van der Waals surface area contributed by atoms with E-state index in [1.165, 1.54) is 18.4 Å². The second-order valence-corrected chi connectivity index (χ2v) is 7.43. The highest BCUT2D eigenvalue weighted by Crippen LogP contribution is 2.27. The number of ether oxygens (including phenoxy) is 1. The number of aliphatic hydroxyl groups excluding tert-OH is 1. The minimum absolute atomic E-state index is 0.0504. The highest BCUT2D eigenvalue weighted by molar-refractivity contribution is 5.74. The van der Waals surface area contributed by atoms with E-state index in [9.17, 15) is 9.90 Å². The Bertz CT molecular complexity index is 584. The van der Waals surface area contributed by atoms with Crippen molar-refractivity contribution >= 4 is 6.03 Å². The zero-order valence-electron chi connectivity index (χ0n) is 15.2. The van der Waals surface area contributed by atoms with Crippen molar-refractivity contribution in [3.63, 3.8) is 0 Å². The number of urea groups is 1. The maximum atomic E-state index is 12.4. The molecule has 1 aromatic rings. The number of piperidine rings is 1. The van der Waals surface area contributed by atoms with E-state index in [1.807, 2.05) is 11.0 Å². The van der Waals surface area contributed by atoms with Crippen LogP contribution in [0.1, 0.15) is 49.7 Å². The minimum Gasteiger partial charge on any atom is -0.490 e. The average Bonchev–Trinajstić information content (AvgIpc) is 3.14. The molecule has 1 saturated heterocycles. The fourth-order valence-corrected chi connectivity index (χ4v) is 3.78. The van der Waals surface area contributed by atoms with E-state index in [1.54, 1.807) is 0 Å². The molecular formula is C20H30N2O3. The lowest BCUT2D eigenvalue weighted by molar-refractivity contribution is 0.129. The molecular weight excluding hydrogens is 316 g/mol. The maximum absolute atomic E-state index is 12.4. The number of rotatable bonds is 5. The van der Waals surface area contributed by atoms with Gasteiger partial charge >= 0.3 is 6.03 Å². The third-order valence-corrected chi connectivity index (χ3v) is 5.31. The first-order chi connectivity index (χ1) is 12.2. The molecule has 138 valence electrons. The van der Waals surface area contributed by atoms with E-state index in [0.29, 0.717) is 19.2 Å². The standard InChI is InChI=1S/C20H30N2O3/c1-15-8-9-17(19(11-15)25-18-6-2-3-7-18)12-21-20(24)22-10-4-5-16(13-22)14-23/h8-9,11,16,18,23H,2-7,10,12-14H2,1H3,(H,21,24). The van der Waals surface area contributed by atoms with E-state index in [4.69, 9.17) is 4.74 Å². The van der Waals surface area contributed by atoms with Gasteiger partial charge in [0.05, 0.1) is 6.10 Å². The summed E-state index contributed by atoms with van der Waals surface area (Å²) in [5.74, 6) is 1.11. The van der Waals surface area contributed by atoms with E-state index in [0.717, 1.165) is 43.5 Å². The second-order valence-electron chi connectivity index (χ2n) is 7.43.